The van der Waals surface area contributed by atoms with Crippen LogP contribution >= 0.6 is 15.9 Å². The van der Waals surface area contributed by atoms with Gasteiger partial charge in [0, 0.05) is 29.9 Å². The predicted octanol–water partition coefficient (Wildman–Crippen LogP) is 4.97. The van der Waals surface area contributed by atoms with Gasteiger partial charge in [0.05, 0.1) is 9.40 Å². The monoisotopic (exact) mass is 378 g/mol. The maximum absolute atomic E-state index is 11.0. The van der Waals surface area contributed by atoms with Gasteiger partial charge in [-0.1, -0.05) is 39.0 Å². The first-order chi connectivity index (χ1) is 10.7. The second-order valence-corrected chi connectivity index (χ2v) is 7.20. The number of benzene rings is 2. The molecule has 0 fully saturated rings. The third-order valence-corrected chi connectivity index (χ3v) is 4.15. The van der Waals surface area contributed by atoms with Crippen LogP contribution in [0.15, 0.2) is 40.9 Å². The summed E-state index contributed by atoms with van der Waals surface area (Å²) in [7, 11) is 0. The number of nitro groups is 1. The molecule has 0 atom stereocenters. The Balaban J connectivity index is 2.31. The molecular formula is C17H19BrN2O3. The molecule has 0 unspecified atom stereocenters. The van der Waals surface area contributed by atoms with Crippen LogP contribution in [0.1, 0.15) is 31.9 Å². The van der Waals surface area contributed by atoms with Crippen LogP contribution < -0.4 is 5.32 Å². The molecule has 0 radical (unpaired) electrons. The average Bonchev–Trinajstić information content (AvgIpc) is 2.47. The fraction of sp³-hybridized carbons (Fsp3) is 0.294. The quantitative estimate of drug-likeness (QED) is 0.581. The van der Waals surface area contributed by atoms with Crippen molar-refractivity contribution in [3.8, 4) is 5.75 Å². The Kier molecular flexibility index (Phi) is 4.94. The van der Waals surface area contributed by atoms with Gasteiger partial charge < -0.3 is 10.4 Å². The Morgan fingerprint density at radius 1 is 1.26 bits per heavy atom. The van der Waals surface area contributed by atoms with Gasteiger partial charge >= 0.3 is 0 Å². The van der Waals surface area contributed by atoms with Crippen molar-refractivity contribution in [2.75, 3.05) is 5.32 Å². The number of aromatic hydroxyl groups is 1. The molecular weight excluding hydrogens is 360 g/mol. The van der Waals surface area contributed by atoms with Crippen LogP contribution in [0.2, 0.25) is 0 Å². The summed E-state index contributed by atoms with van der Waals surface area (Å²) >= 11 is 3.16. The van der Waals surface area contributed by atoms with Gasteiger partial charge in [-0.2, -0.15) is 0 Å². The van der Waals surface area contributed by atoms with E-state index in [0.717, 1.165) is 11.3 Å². The number of nitrogens with one attached hydrogen (secondary N) is 1. The molecule has 0 spiro atoms. The van der Waals surface area contributed by atoms with Crippen LogP contribution in [0.5, 0.6) is 5.75 Å². The number of rotatable bonds is 4. The summed E-state index contributed by atoms with van der Waals surface area (Å²) in [5.41, 5.74) is 2.46. The van der Waals surface area contributed by atoms with Gasteiger partial charge in [0.2, 0.25) is 0 Å². The van der Waals surface area contributed by atoms with Gasteiger partial charge in [-0.05, 0) is 33.0 Å². The van der Waals surface area contributed by atoms with Crippen molar-refractivity contribution in [3.05, 3.63) is 62.1 Å². The molecule has 2 rings (SSSR count). The van der Waals surface area contributed by atoms with E-state index in [-0.39, 0.29) is 16.9 Å². The van der Waals surface area contributed by atoms with Crippen LogP contribution in [0.4, 0.5) is 11.4 Å². The molecule has 122 valence electrons. The van der Waals surface area contributed by atoms with Crippen LogP contribution in [0.3, 0.4) is 0 Å². The molecule has 0 aliphatic carbocycles. The van der Waals surface area contributed by atoms with Gasteiger partial charge in [0.1, 0.15) is 5.75 Å². The maximum atomic E-state index is 11.0. The Labute approximate surface area is 143 Å². The second-order valence-electron chi connectivity index (χ2n) is 6.34. The Morgan fingerprint density at radius 2 is 1.91 bits per heavy atom. The summed E-state index contributed by atoms with van der Waals surface area (Å²) < 4.78 is 0.313. The lowest BCUT2D eigenvalue weighted by molar-refractivity contribution is -0.385. The number of nitro benzene ring substituents is 1. The lowest BCUT2D eigenvalue weighted by Gasteiger charge is -2.23. The number of phenols is 1. The molecule has 0 heterocycles. The molecule has 2 aromatic carbocycles. The van der Waals surface area contributed by atoms with E-state index in [1.54, 1.807) is 0 Å². The number of phenolic OH excluding ortho intramolecular Hbond substituents is 1. The molecule has 0 bridgehead atoms. The largest absolute Gasteiger partial charge is 0.506 e. The maximum Gasteiger partial charge on any atom is 0.271 e. The molecule has 0 aromatic heterocycles. The van der Waals surface area contributed by atoms with Gasteiger partial charge in [-0.25, -0.2) is 0 Å². The molecule has 2 N–H and O–H groups in total. The first kappa shape index (κ1) is 17.3. The van der Waals surface area contributed by atoms with Crippen LogP contribution in [-0.2, 0) is 12.0 Å². The Hall–Kier alpha value is -2.08. The highest BCUT2D eigenvalue weighted by molar-refractivity contribution is 9.10. The standard InChI is InChI=1S/C17H19BrN2O3/c1-17(2,3)13-6-4-5-7-15(13)19-10-11-8-12(20(22)23)9-14(18)16(11)21/h4-9,19,21H,10H2,1-3H3. The van der Waals surface area contributed by atoms with Crippen molar-refractivity contribution in [2.45, 2.75) is 32.7 Å². The number of halogens is 1. The van der Waals surface area contributed by atoms with Crippen molar-refractivity contribution in [3.63, 3.8) is 0 Å². The third-order valence-electron chi connectivity index (χ3n) is 3.54. The van der Waals surface area contributed by atoms with Crippen LogP contribution in [-0.4, -0.2) is 10.0 Å². The minimum atomic E-state index is -0.475. The molecule has 0 saturated carbocycles. The van der Waals surface area contributed by atoms with Crippen molar-refractivity contribution in [1.29, 1.82) is 0 Å². The second kappa shape index (κ2) is 6.58. The van der Waals surface area contributed by atoms with Crippen molar-refractivity contribution in [1.82, 2.24) is 0 Å². The number of hydrogen-bond donors (Lipinski definition) is 2. The highest BCUT2D eigenvalue weighted by Gasteiger charge is 2.18. The van der Waals surface area contributed by atoms with Crippen molar-refractivity contribution < 1.29 is 10.0 Å². The zero-order chi connectivity index (χ0) is 17.2. The van der Waals surface area contributed by atoms with E-state index < -0.39 is 4.92 Å². The number of anilines is 1. The molecule has 0 amide bonds. The molecule has 23 heavy (non-hydrogen) atoms. The molecule has 6 heteroatoms. The molecule has 2 aromatic rings. The van der Waals surface area contributed by atoms with Crippen molar-refractivity contribution in [2.24, 2.45) is 0 Å². The predicted molar refractivity (Wildman–Crippen MR) is 94.9 cm³/mol. The lowest BCUT2D eigenvalue weighted by Crippen LogP contribution is -2.14. The summed E-state index contributed by atoms with van der Waals surface area (Å²) in [4.78, 5) is 10.5. The summed E-state index contributed by atoms with van der Waals surface area (Å²) in [5.74, 6) is 0.0105. The zero-order valence-corrected chi connectivity index (χ0v) is 14.8. The fourth-order valence-electron chi connectivity index (χ4n) is 2.36. The van der Waals surface area contributed by atoms with E-state index in [2.05, 4.69) is 42.0 Å². The number of para-hydroxylation sites is 1. The van der Waals surface area contributed by atoms with E-state index in [1.807, 2.05) is 24.3 Å². The van der Waals surface area contributed by atoms with E-state index >= 15 is 0 Å². The fourth-order valence-corrected chi connectivity index (χ4v) is 2.85. The van der Waals surface area contributed by atoms with E-state index in [1.165, 1.54) is 12.1 Å². The Morgan fingerprint density at radius 3 is 2.52 bits per heavy atom. The smallest absolute Gasteiger partial charge is 0.271 e. The van der Waals surface area contributed by atoms with Crippen LogP contribution in [0, 0.1) is 10.1 Å². The summed E-state index contributed by atoms with van der Waals surface area (Å²) in [6, 6.07) is 10.6. The van der Waals surface area contributed by atoms with E-state index in [0.29, 0.717) is 16.6 Å². The molecule has 5 nitrogen and oxygen atoms in total. The number of hydrogen-bond acceptors (Lipinski definition) is 4. The van der Waals surface area contributed by atoms with Crippen molar-refractivity contribution >= 4 is 27.3 Å². The van der Waals surface area contributed by atoms with Gasteiger partial charge in [0.25, 0.3) is 5.69 Å². The molecule has 0 aliphatic rings. The Bertz CT molecular complexity index is 739. The zero-order valence-electron chi connectivity index (χ0n) is 13.3. The minimum Gasteiger partial charge on any atom is -0.506 e. The lowest BCUT2D eigenvalue weighted by atomic mass is 9.86. The third kappa shape index (κ3) is 4.01. The molecule has 0 saturated heterocycles. The highest BCUT2D eigenvalue weighted by atomic mass is 79.9. The summed E-state index contributed by atoms with van der Waals surface area (Å²) in [5, 5.41) is 24.3. The first-order valence-electron chi connectivity index (χ1n) is 7.19. The van der Waals surface area contributed by atoms with E-state index in [9.17, 15) is 15.2 Å². The van der Waals surface area contributed by atoms with Gasteiger partial charge in [-0.15, -0.1) is 0 Å². The normalized spacial score (nSPS) is 11.3. The van der Waals surface area contributed by atoms with Gasteiger partial charge in [0.15, 0.2) is 0 Å². The van der Waals surface area contributed by atoms with Crippen LogP contribution in [0.25, 0.3) is 0 Å². The number of nitrogens with zero attached hydrogens (tertiary/aromatic N) is 1. The average molecular weight is 379 g/mol. The van der Waals surface area contributed by atoms with Gasteiger partial charge in [-0.3, -0.25) is 10.1 Å². The number of non-ortho nitro benzene ring substituents is 1. The SMILES string of the molecule is CC(C)(C)c1ccccc1NCc1cc([N+](=O)[O-])cc(Br)c1O. The minimum absolute atomic E-state index is 0.0105. The summed E-state index contributed by atoms with van der Waals surface area (Å²) in [6.07, 6.45) is 0. The first-order valence-corrected chi connectivity index (χ1v) is 7.98. The highest BCUT2D eigenvalue weighted by Crippen LogP contribution is 2.34. The molecule has 0 aliphatic heterocycles. The topological polar surface area (TPSA) is 75.4 Å². The van der Waals surface area contributed by atoms with E-state index in [4.69, 9.17) is 0 Å². The summed E-state index contributed by atoms with van der Waals surface area (Å²) in [6.45, 7) is 6.65.